The Morgan fingerprint density at radius 1 is 1.35 bits per heavy atom. The molecule has 1 aromatic heterocycles. The number of amides is 1. The van der Waals surface area contributed by atoms with Crippen molar-refractivity contribution in [2.45, 2.75) is 75.0 Å². The summed E-state index contributed by atoms with van der Waals surface area (Å²) in [6.07, 6.45) is 7.31. The minimum absolute atomic E-state index is 0.0141. The highest BCUT2D eigenvalue weighted by atomic mass is 32.2. The van der Waals surface area contributed by atoms with E-state index in [0.29, 0.717) is 17.4 Å². The molecule has 1 aliphatic carbocycles. The molecule has 0 bridgehead atoms. The monoisotopic (exact) mass is 377 g/mol. The van der Waals surface area contributed by atoms with Gasteiger partial charge in [-0.05, 0) is 45.7 Å². The average Bonchev–Trinajstić information content (AvgIpc) is 3.12. The van der Waals surface area contributed by atoms with Crippen LogP contribution in [0.2, 0.25) is 0 Å². The van der Waals surface area contributed by atoms with Crippen LogP contribution in [0.15, 0.2) is 23.4 Å². The summed E-state index contributed by atoms with van der Waals surface area (Å²) in [7, 11) is 0. The first-order valence-corrected chi connectivity index (χ1v) is 10.7. The highest BCUT2D eigenvalue weighted by Crippen LogP contribution is 2.35. The van der Waals surface area contributed by atoms with E-state index in [0.717, 1.165) is 18.1 Å². The second-order valence-electron chi connectivity index (χ2n) is 7.65. The Morgan fingerprint density at radius 3 is 2.73 bits per heavy atom. The molecule has 0 aromatic carbocycles. The predicted octanol–water partition coefficient (Wildman–Crippen LogP) is 3.34. The lowest BCUT2D eigenvalue weighted by Gasteiger charge is -2.39. The van der Waals surface area contributed by atoms with E-state index < -0.39 is 0 Å². The maximum absolute atomic E-state index is 12.7. The molecule has 0 radical (unpaired) electrons. The van der Waals surface area contributed by atoms with Crippen molar-refractivity contribution >= 4 is 17.7 Å². The van der Waals surface area contributed by atoms with Crippen LogP contribution < -0.4 is 5.32 Å². The third-order valence-corrected chi connectivity index (χ3v) is 6.58. The first-order valence-electron chi connectivity index (χ1n) is 9.82. The van der Waals surface area contributed by atoms with Crippen LogP contribution in [0.3, 0.4) is 0 Å². The Hall–Kier alpha value is -1.11. The number of pyridine rings is 1. The molecule has 1 N–H and O–H groups in total. The van der Waals surface area contributed by atoms with Crippen molar-refractivity contribution in [2.75, 3.05) is 19.6 Å². The van der Waals surface area contributed by atoms with Gasteiger partial charge in [0.25, 0.3) is 5.91 Å². The average molecular weight is 378 g/mol. The fourth-order valence-corrected chi connectivity index (χ4v) is 5.16. The first-order chi connectivity index (χ1) is 12.5. The van der Waals surface area contributed by atoms with Crippen molar-refractivity contribution < 1.29 is 9.53 Å². The second-order valence-corrected chi connectivity index (χ2v) is 8.94. The van der Waals surface area contributed by atoms with Crippen LogP contribution >= 0.6 is 11.8 Å². The highest BCUT2D eigenvalue weighted by Gasteiger charge is 2.26. The number of nitrogens with zero attached hydrogens (tertiary/aromatic N) is 2. The van der Waals surface area contributed by atoms with Gasteiger partial charge in [-0.15, -0.1) is 11.8 Å². The molecule has 0 spiro atoms. The van der Waals surface area contributed by atoms with Gasteiger partial charge in [-0.3, -0.25) is 9.69 Å². The molecule has 3 rings (SSSR count). The zero-order valence-electron chi connectivity index (χ0n) is 16.1. The van der Waals surface area contributed by atoms with Crippen LogP contribution in [0.1, 0.15) is 56.8 Å². The van der Waals surface area contributed by atoms with E-state index in [2.05, 4.69) is 36.0 Å². The summed E-state index contributed by atoms with van der Waals surface area (Å²) in [5, 5.41) is 4.59. The smallest absolute Gasteiger partial charge is 0.254 e. The standard InChI is InChI=1S/C20H31N3O2S/c1-14(23-12-15(2)25-16(3)13-23)11-22-19(24)18-9-6-10-21-20(18)26-17-7-4-5-8-17/h6,9-10,14-17H,4-5,7-8,11-13H2,1-3H3,(H,22,24). The third-order valence-electron chi connectivity index (χ3n) is 5.23. The molecule has 26 heavy (non-hydrogen) atoms. The Labute approximate surface area is 161 Å². The lowest BCUT2D eigenvalue weighted by Crippen LogP contribution is -2.52. The Kier molecular flexibility index (Phi) is 6.95. The van der Waals surface area contributed by atoms with Gasteiger partial charge in [-0.25, -0.2) is 4.98 Å². The molecule has 6 heteroatoms. The summed E-state index contributed by atoms with van der Waals surface area (Å²) < 4.78 is 5.80. The minimum atomic E-state index is -0.0141. The van der Waals surface area contributed by atoms with Crippen LogP contribution in [0.4, 0.5) is 0 Å². The first kappa shape index (κ1) is 19.6. The fourth-order valence-electron chi connectivity index (χ4n) is 3.86. The third kappa shape index (κ3) is 5.21. The molecular weight excluding hydrogens is 346 g/mol. The SMILES string of the molecule is CC1CN(C(C)CNC(=O)c2cccnc2SC2CCCC2)CC(C)O1. The number of ether oxygens (including phenoxy) is 1. The molecule has 144 valence electrons. The van der Waals surface area contributed by atoms with Gasteiger partial charge in [0.1, 0.15) is 5.03 Å². The van der Waals surface area contributed by atoms with Crippen molar-refractivity contribution in [3.63, 3.8) is 0 Å². The van der Waals surface area contributed by atoms with Crippen LogP contribution in [-0.2, 0) is 4.74 Å². The van der Waals surface area contributed by atoms with E-state index in [9.17, 15) is 4.79 Å². The summed E-state index contributed by atoms with van der Waals surface area (Å²) in [4.78, 5) is 19.6. The van der Waals surface area contributed by atoms with Gasteiger partial charge >= 0.3 is 0 Å². The molecule has 1 aromatic rings. The van der Waals surface area contributed by atoms with Crippen LogP contribution in [0.25, 0.3) is 0 Å². The summed E-state index contributed by atoms with van der Waals surface area (Å²) in [5.74, 6) is -0.0141. The number of carbonyl (C=O) groups is 1. The molecular formula is C20H31N3O2S. The van der Waals surface area contributed by atoms with Gasteiger partial charge in [0, 0.05) is 37.1 Å². The van der Waals surface area contributed by atoms with Crippen molar-refractivity contribution in [3.8, 4) is 0 Å². The number of aromatic nitrogens is 1. The number of hydrogen-bond donors (Lipinski definition) is 1. The number of hydrogen-bond acceptors (Lipinski definition) is 5. The number of carbonyl (C=O) groups excluding carboxylic acids is 1. The molecule has 3 unspecified atom stereocenters. The van der Waals surface area contributed by atoms with Gasteiger partial charge in [-0.2, -0.15) is 0 Å². The Bertz CT molecular complexity index is 596. The van der Waals surface area contributed by atoms with Gasteiger partial charge in [0.2, 0.25) is 0 Å². The van der Waals surface area contributed by atoms with Crippen molar-refractivity contribution in [1.29, 1.82) is 0 Å². The van der Waals surface area contributed by atoms with Crippen molar-refractivity contribution in [2.24, 2.45) is 0 Å². The second kappa shape index (κ2) is 9.20. The Morgan fingerprint density at radius 2 is 2.04 bits per heavy atom. The molecule has 2 fully saturated rings. The lowest BCUT2D eigenvalue weighted by molar-refractivity contribution is -0.0778. The summed E-state index contributed by atoms with van der Waals surface area (Å²) in [5.41, 5.74) is 0.709. The van der Waals surface area contributed by atoms with E-state index in [1.165, 1.54) is 25.7 Å². The van der Waals surface area contributed by atoms with E-state index >= 15 is 0 Å². The summed E-state index contributed by atoms with van der Waals surface area (Å²) >= 11 is 1.77. The van der Waals surface area contributed by atoms with Gasteiger partial charge in [0.15, 0.2) is 0 Å². The van der Waals surface area contributed by atoms with E-state index in [1.54, 1.807) is 18.0 Å². The quantitative estimate of drug-likeness (QED) is 0.824. The fraction of sp³-hybridized carbons (Fsp3) is 0.700. The zero-order chi connectivity index (χ0) is 18.5. The number of thioether (sulfide) groups is 1. The molecule has 2 heterocycles. The molecule has 1 saturated carbocycles. The molecule has 3 atom stereocenters. The molecule has 1 amide bonds. The maximum atomic E-state index is 12.7. The normalized spacial score (nSPS) is 26.0. The zero-order valence-corrected chi connectivity index (χ0v) is 16.9. The number of morpholine rings is 1. The summed E-state index contributed by atoms with van der Waals surface area (Å²) in [6.45, 7) is 8.85. The van der Waals surface area contributed by atoms with Gasteiger partial charge < -0.3 is 10.1 Å². The molecule has 5 nitrogen and oxygen atoms in total. The van der Waals surface area contributed by atoms with Crippen LogP contribution in [0, 0.1) is 0 Å². The van der Waals surface area contributed by atoms with Gasteiger partial charge in [-0.1, -0.05) is 12.8 Å². The van der Waals surface area contributed by atoms with E-state index in [-0.39, 0.29) is 24.2 Å². The van der Waals surface area contributed by atoms with Crippen molar-refractivity contribution in [1.82, 2.24) is 15.2 Å². The minimum Gasteiger partial charge on any atom is -0.373 e. The molecule has 2 aliphatic rings. The largest absolute Gasteiger partial charge is 0.373 e. The van der Waals surface area contributed by atoms with Crippen molar-refractivity contribution in [3.05, 3.63) is 23.9 Å². The number of rotatable bonds is 6. The molecule has 1 saturated heterocycles. The van der Waals surface area contributed by atoms with Gasteiger partial charge in [0.05, 0.1) is 17.8 Å². The predicted molar refractivity (Wildman–Crippen MR) is 106 cm³/mol. The van der Waals surface area contributed by atoms with E-state index in [1.807, 2.05) is 12.1 Å². The topological polar surface area (TPSA) is 54.5 Å². The maximum Gasteiger partial charge on any atom is 0.254 e. The van der Waals surface area contributed by atoms with Crippen LogP contribution in [-0.4, -0.2) is 58.9 Å². The number of nitrogens with one attached hydrogen (secondary N) is 1. The lowest BCUT2D eigenvalue weighted by atomic mass is 10.1. The van der Waals surface area contributed by atoms with E-state index in [4.69, 9.17) is 4.74 Å². The summed E-state index contributed by atoms with van der Waals surface area (Å²) in [6, 6.07) is 4.03. The van der Waals surface area contributed by atoms with Crippen LogP contribution in [0.5, 0.6) is 0 Å². The Balaban J connectivity index is 1.56. The molecule has 1 aliphatic heterocycles. The highest BCUT2D eigenvalue weighted by molar-refractivity contribution is 7.99.